The molecule has 1 amide bonds. The van der Waals surface area contributed by atoms with E-state index in [0.717, 1.165) is 11.4 Å². The molecule has 1 fully saturated rings. The lowest BCUT2D eigenvalue weighted by Crippen LogP contribution is -2.41. The van der Waals surface area contributed by atoms with Gasteiger partial charge >= 0.3 is 0 Å². The van der Waals surface area contributed by atoms with Crippen molar-refractivity contribution in [2.24, 2.45) is 13.0 Å². The highest BCUT2D eigenvalue weighted by Crippen LogP contribution is 2.23. The molecule has 1 aliphatic rings. The van der Waals surface area contributed by atoms with Crippen LogP contribution in [0.15, 0.2) is 36.5 Å². The first kappa shape index (κ1) is 17.2. The van der Waals surface area contributed by atoms with E-state index in [-0.39, 0.29) is 17.6 Å². The van der Waals surface area contributed by atoms with Gasteiger partial charge in [0.1, 0.15) is 5.75 Å². The van der Waals surface area contributed by atoms with Crippen LogP contribution in [0.1, 0.15) is 28.9 Å². The van der Waals surface area contributed by atoms with Crippen molar-refractivity contribution in [3.05, 3.63) is 47.8 Å². The number of aromatic nitrogens is 2. The van der Waals surface area contributed by atoms with Crippen molar-refractivity contribution in [2.45, 2.75) is 19.3 Å². The van der Waals surface area contributed by atoms with Crippen LogP contribution in [0, 0.1) is 5.92 Å². The third-order valence-corrected chi connectivity index (χ3v) is 4.69. The van der Waals surface area contributed by atoms with Crippen LogP contribution in [0.25, 0.3) is 0 Å². The Morgan fingerprint density at radius 2 is 1.84 bits per heavy atom. The largest absolute Gasteiger partial charge is 0.497 e. The maximum Gasteiger partial charge on any atom is 0.228 e. The van der Waals surface area contributed by atoms with Crippen molar-refractivity contribution < 1.29 is 14.3 Å². The molecule has 2 heterocycles. The second-order valence-electron chi connectivity index (χ2n) is 6.41. The van der Waals surface area contributed by atoms with E-state index >= 15 is 0 Å². The van der Waals surface area contributed by atoms with Crippen molar-refractivity contribution in [2.75, 3.05) is 20.2 Å². The Balaban J connectivity index is 1.53. The van der Waals surface area contributed by atoms with E-state index in [2.05, 4.69) is 5.10 Å². The first-order valence-electron chi connectivity index (χ1n) is 8.51. The third kappa shape index (κ3) is 4.07. The number of hydrogen-bond donors (Lipinski definition) is 0. The van der Waals surface area contributed by atoms with Crippen LogP contribution in [0.2, 0.25) is 0 Å². The van der Waals surface area contributed by atoms with E-state index in [0.29, 0.717) is 37.9 Å². The van der Waals surface area contributed by atoms with E-state index < -0.39 is 0 Å². The lowest BCUT2D eigenvalue weighted by molar-refractivity contribution is -0.131. The van der Waals surface area contributed by atoms with E-state index in [1.54, 1.807) is 36.1 Å². The minimum absolute atomic E-state index is 0.0210. The fourth-order valence-electron chi connectivity index (χ4n) is 3.21. The molecular weight excluding hydrogens is 318 g/mol. The first-order chi connectivity index (χ1) is 12.1. The SMILES string of the molecule is COc1ccc(C(=O)C2CCN(C(=O)Cc3ccn(C)n3)CC2)cc1. The van der Waals surface area contributed by atoms with Crippen LogP contribution >= 0.6 is 0 Å². The highest BCUT2D eigenvalue weighted by atomic mass is 16.5. The van der Waals surface area contributed by atoms with Crippen LogP contribution in [0.3, 0.4) is 0 Å². The second-order valence-corrected chi connectivity index (χ2v) is 6.41. The van der Waals surface area contributed by atoms with Crippen molar-refractivity contribution in [3.63, 3.8) is 0 Å². The van der Waals surface area contributed by atoms with Crippen LogP contribution in [0.5, 0.6) is 5.75 Å². The van der Waals surface area contributed by atoms with Gasteiger partial charge in [-0.2, -0.15) is 5.10 Å². The smallest absolute Gasteiger partial charge is 0.228 e. The minimum Gasteiger partial charge on any atom is -0.497 e. The summed E-state index contributed by atoms with van der Waals surface area (Å²) in [5.74, 6) is 0.951. The van der Waals surface area contributed by atoms with Gasteiger partial charge in [-0.3, -0.25) is 14.3 Å². The lowest BCUT2D eigenvalue weighted by atomic mass is 9.88. The number of amides is 1. The zero-order chi connectivity index (χ0) is 17.8. The van der Waals surface area contributed by atoms with E-state index in [1.165, 1.54) is 0 Å². The molecule has 1 aromatic heterocycles. The summed E-state index contributed by atoms with van der Waals surface area (Å²) >= 11 is 0. The van der Waals surface area contributed by atoms with Crippen LogP contribution in [0.4, 0.5) is 0 Å². The van der Waals surface area contributed by atoms with Crippen LogP contribution in [-0.4, -0.2) is 46.6 Å². The zero-order valence-corrected chi connectivity index (χ0v) is 14.6. The van der Waals surface area contributed by atoms with Gasteiger partial charge in [0.25, 0.3) is 0 Å². The fourth-order valence-corrected chi connectivity index (χ4v) is 3.21. The number of piperidine rings is 1. The maximum atomic E-state index is 12.6. The number of aryl methyl sites for hydroxylation is 1. The molecule has 0 radical (unpaired) electrons. The van der Waals surface area contributed by atoms with Gasteiger partial charge in [-0.1, -0.05) is 0 Å². The maximum absolute atomic E-state index is 12.6. The average Bonchev–Trinajstić information content (AvgIpc) is 3.06. The van der Waals surface area contributed by atoms with Gasteiger partial charge < -0.3 is 9.64 Å². The molecule has 0 spiro atoms. The summed E-state index contributed by atoms with van der Waals surface area (Å²) in [6, 6.07) is 9.08. The number of rotatable bonds is 5. The summed E-state index contributed by atoms with van der Waals surface area (Å²) < 4.78 is 6.82. The molecule has 25 heavy (non-hydrogen) atoms. The molecule has 6 heteroatoms. The number of carbonyl (C=O) groups is 2. The van der Waals surface area contributed by atoms with Gasteiger partial charge in [0.05, 0.1) is 19.2 Å². The van der Waals surface area contributed by atoms with Gasteiger partial charge in [0.15, 0.2) is 5.78 Å². The summed E-state index contributed by atoms with van der Waals surface area (Å²) in [6.07, 6.45) is 3.57. The molecule has 0 N–H and O–H groups in total. The Kier molecular flexibility index (Phi) is 5.16. The Hall–Kier alpha value is -2.63. The van der Waals surface area contributed by atoms with Crippen LogP contribution in [-0.2, 0) is 18.3 Å². The summed E-state index contributed by atoms with van der Waals surface area (Å²) in [6.45, 7) is 1.25. The topological polar surface area (TPSA) is 64.4 Å². The molecule has 1 aromatic carbocycles. The standard InChI is InChI=1S/C19H23N3O3/c1-21-10-9-16(20-21)13-18(23)22-11-7-15(8-12-22)19(24)14-3-5-17(25-2)6-4-14/h3-6,9-10,15H,7-8,11-13H2,1-2H3. The molecule has 6 nitrogen and oxygen atoms in total. The number of benzene rings is 1. The molecule has 3 rings (SSSR count). The van der Waals surface area contributed by atoms with Crippen molar-refractivity contribution >= 4 is 11.7 Å². The fraction of sp³-hybridized carbons (Fsp3) is 0.421. The van der Waals surface area contributed by atoms with Gasteiger partial charge in [-0.15, -0.1) is 0 Å². The highest BCUT2D eigenvalue weighted by Gasteiger charge is 2.28. The number of nitrogens with zero attached hydrogens (tertiary/aromatic N) is 3. The first-order valence-corrected chi connectivity index (χ1v) is 8.51. The number of methoxy groups -OCH3 is 1. The van der Waals surface area contributed by atoms with Crippen LogP contribution < -0.4 is 4.74 Å². The molecule has 132 valence electrons. The van der Waals surface area contributed by atoms with Crippen molar-refractivity contribution in [1.82, 2.24) is 14.7 Å². The summed E-state index contributed by atoms with van der Waals surface area (Å²) in [5.41, 5.74) is 1.49. The second kappa shape index (κ2) is 7.51. The number of likely N-dealkylation sites (tertiary alicyclic amines) is 1. The zero-order valence-electron chi connectivity index (χ0n) is 14.6. The van der Waals surface area contributed by atoms with E-state index in [4.69, 9.17) is 4.74 Å². The molecular formula is C19H23N3O3. The third-order valence-electron chi connectivity index (χ3n) is 4.69. The minimum atomic E-state index is -0.0210. The predicted molar refractivity (Wildman–Crippen MR) is 93.5 cm³/mol. The highest BCUT2D eigenvalue weighted by molar-refractivity contribution is 5.98. The normalized spacial score (nSPS) is 15.2. The molecule has 0 aliphatic carbocycles. The van der Waals surface area contributed by atoms with Gasteiger partial charge in [-0.05, 0) is 43.2 Å². The molecule has 1 aliphatic heterocycles. The van der Waals surface area contributed by atoms with E-state index in [9.17, 15) is 9.59 Å². The van der Waals surface area contributed by atoms with Gasteiger partial charge in [-0.25, -0.2) is 0 Å². The molecule has 0 saturated carbocycles. The Labute approximate surface area is 147 Å². The van der Waals surface area contributed by atoms with Crippen molar-refractivity contribution in [1.29, 1.82) is 0 Å². The summed E-state index contributed by atoms with van der Waals surface area (Å²) in [5, 5.41) is 4.25. The van der Waals surface area contributed by atoms with Gasteiger partial charge in [0, 0.05) is 37.8 Å². The number of ketones is 1. The molecule has 0 atom stereocenters. The molecule has 0 bridgehead atoms. The molecule has 1 saturated heterocycles. The number of carbonyl (C=O) groups excluding carboxylic acids is 2. The molecule has 2 aromatic rings. The number of Topliss-reactive ketones (excluding diaryl/α,β-unsaturated/α-hetero) is 1. The predicted octanol–water partition coefficient (Wildman–Crippen LogP) is 2.09. The number of hydrogen-bond acceptors (Lipinski definition) is 4. The Morgan fingerprint density at radius 1 is 1.16 bits per heavy atom. The Bertz CT molecular complexity index is 744. The summed E-state index contributed by atoms with van der Waals surface area (Å²) in [7, 11) is 3.44. The van der Waals surface area contributed by atoms with Crippen molar-refractivity contribution in [3.8, 4) is 5.75 Å². The monoisotopic (exact) mass is 341 g/mol. The van der Waals surface area contributed by atoms with Gasteiger partial charge in [0.2, 0.25) is 5.91 Å². The van der Waals surface area contributed by atoms with E-state index in [1.807, 2.05) is 24.2 Å². The Morgan fingerprint density at radius 3 is 2.40 bits per heavy atom. The lowest BCUT2D eigenvalue weighted by Gasteiger charge is -2.31. The quantitative estimate of drug-likeness (QED) is 0.781. The molecule has 0 unspecified atom stereocenters. The number of ether oxygens (including phenoxy) is 1. The average molecular weight is 341 g/mol. The summed E-state index contributed by atoms with van der Waals surface area (Å²) in [4.78, 5) is 26.8.